The largest absolute Gasteiger partial charge is 0.330 e. The van der Waals surface area contributed by atoms with E-state index in [1.54, 1.807) is 0 Å². The van der Waals surface area contributed by atoms with Crippen LogP contribution in [0.3, 0.4) is 0 Å². The maximum absolute atomic E-state index is 8.36. The van der Waals surface area contributed by atoms with Gasteiger partial charge in [-0.2, -0.15) is 5.26 Å². The molecule has 0 rings (SSSR count). The van der Waals surface area contributed by atoms with Gasteiger partial charge in [0, 0.05) is 19.5 Å². The van der Waals surface area contributed by atoms with Gasteiger partial charge in [0.05, 0.1) is 33.8 Å². The van der Waals surface area contributed by atoms with Crippen LogP contribution in [-0.2, 0) is 0 Å². The van der Waals surface area contributed by atoms with Crippen molar-refractivity contribution in [2.24, 2.45) is 0 Å². The maximum Gasteiger partial charge on any atom is 0.0909 e. The summed E-state index contributed by atoms with van der Waals surface area (Å²) >= 11 is 0. The van der Waals surface area contributed by atoms with Crippen molar-refractivity contribution >= 4 is 0 Å². The Morgan fingerprint density at radius 3 is 2.25 bits per heavy atom. The fraction of sp³-hybridized carbons (Fsp3) is 0.889. The minimum Gasteiger partial charge on any atom is -0.330 e. The average Bonchev–Trinajstić information content (AvgIpc) is 1.95. The van der Waals surface area contributed by atoms with E-state index in [1.165, 1.54) is 0 Å². The standard InChI is InChI=1S/C9H20N3/c1-11(7-5-6-10)8-9-12(2,3)4/h5,7-9H2,1-4H3/q+1. The Hall–Kier alpha value is -0.590. The lowest BCUT2D eigenvalue weighted by Crippen LogP contribution is -2.41. The van der Waals surface area contributed by atoms with Gasteiger partial charge in [-0.3, -0.25) is 4.90 Å². The van der Waals surface area contributed by atoms with Gasteiger partial charge >= 0.3 is 0 Å². The second kappa shape index (κ2) is 5.13. The van der Waals surface area contributed by atoms with Gasteiger partial charge < -0.3 is 4.48 Å². The minimum absolute atomic E-state index is 0.633. The molecule has 0 saturated heterocycles. The van der Waals surface area contributed by atoms with Crippen molar-refractivity contribution in [3.05, 3.63) is 0 Å². The monoisotopic (exact) mass is 170 g/mol. The van der Waals surface area contributed by atoms with Gasteiger partial charge in [0.1, 0.15) is 0 Å². The van der Waals surface area contributed by atoms with Crippen LogP contribution in [0.5, 0.6) is 0 Å². The number of quaternary nitrogens is 1. The van der Waals surface area contributed by atoms with Crippen LogP contribution >= 0.6 is 0 Å². The van der Waals surface area contributed by atoms with E-state index in [0.717, 1.165) is 24.1 Å². The van der Waals surface area contributed by atoms with E-state index < -0.39 is 0 Å². The Labute approximate surface area is 75.8 Å². The molecule has 0 saturated carbocycles. The number of nitriles is 1. The van der Waals surface area contributed by atoms with Gasteiger partial charge in [-0.15, -0.1) is 0 Å². The normalized spacial score (nSPS) is 11.7. The number of likely N-dealkylation sites (N-methyl/N-ethyl adjacent to an activating group) is 2. The van der Waals surface area contributed by atoms with E-state index in [1.807, 2.05) is 0 Å². The first kappa shape index (κ1) is 11.4. The van der Waals surface area contributed by atoms with Crippen molar-refractivity contribution in [1.82, 2.24) is 4.90 Å². The first-order valence-electron chi connectivity index (χ1n) is 4.31. The van der Waals surface area contributed by atoms with Gasteiger partial charge in [-0.1, -0.05) is 0 Å². The molecule has 0 aromatic rings. The van der Waals surface area contributed by atoms with E-state index in [4.69, 9.17) is 5.26 Å². The molecular formula is C9H20N3+. The summed E-state index contributed by atoms with van der Waals surface area (Å²) in [5.74, 6) is 0. The molecule has 0 aliphatic heterocycles. The first-order valence-corrected chi connectivity index (χ1v) is 4.31. The highest BCUT2D eigenvalue weighted by molar-refractivity contribution is 4.70. The SMILES string of the molecule is CN(CCC#N)CC[N+](C)(C)C. The predicted molar refractivity (Wildman–Crippen MR) is 50.6 cm³/mol. The molecule has 0 atom stereocenters. The summed E-state index contributed by atoms with van der Waals surface area (Å²) in [4.78, 5) is 2.20. The number of hydrogen-bond donors (Lipinski definition) is 0. The third-order valence-electron chi connectivity index (χ3n) is 1.76. The topological polar surface area (TPSA) is 27.0 Å². The highest BCUT2D eigenvalue weighted by atomic mass is 15.3. The fourth-order valence-electron chi connectivity index (χ4n) is 0.823. The molecule has 0 fully saturated rings. The quantitative estimate of drug-likeness (QED) is 0.563. The van der Waals surface area contributed by atoms with Crippen LogP contribution in [0, 0.1) is 11.3 Å². The molecule has 0 N–H and O–H groups in total. The van der Waals surface area contributed by atoms with Gasteiger partial charge in [0.25, 0.3) is 0 Å². The summed E-state index contributed by atoms with van der Waals surface area (Å²) in [6.45, 7) is 3.07. The number of hydrogen-bond acceptors (Lipinski definition) is 2. The molecule has 0 amide bonds. The summed E-state index contributed by atoms with van der Waals surface area (Å²) in [7, 11) is 8.60. The molecule has 3 nitrogen and oxygen atoms in total. The zero-order valence-corrected chi connectivity index (χ0v) is 8.67. The summed E-state index contributed by atoms with van der Waals surface area (Å²) in [5.41, 5.74) is 0. The molecule has 0 heterocycles. The lowest BCUT2D eigenvalue weighted by molar-refractivity contribution is -0.869. The highest BCUT2D eigenvalue weighted by Gasteiger charge is 2.07. The van der Waals surface area contributed by atoms with E-state index >= 15 is 0 Å². The van der Waals surface area contributed by atoms with Gasteiger partial charge in [-0.25, -0.2) is 0 Å². The molecular weight excluding hydrogens is 150 g/mol. The number of nitrogens with zero attached hydrogens (tertiary/aromatic N) is 3. The van der Waals surface area contributed by atoms with Crippen molar-refractivity contribution < 1.29 is 4.48 Å². The number of rotatable bonds is 5. The smallest absolute Gasteiger partial charge is 0.0909 e. The van der Waals surface area contributed by atoms with Crippen LogP contribution in [0.15, 0.2) is 0 Å². The van der Waals surface area contributed by atoms with Crippen LogP contribution in [0.2, 0.25) is 0 Å². The van der Waals surface area contributed by atoms with Gasteiger partial charge in [0.2, 0.25) is 0 Å². The van der Waals surface area contributed by atoms with Crippen molar-refractivity contribution in [1.29, 1.82) is 5.26 Å². The lowest BCUT2D eigenvalue weighted by Gasteiger charge is -2.26. The minimum atomic E-state index is 0.633. The molecule has 0 radical (unpaired) electrons. The highest BCUT2D eigenvalue weighted by Crippen LogP contribution is 1.92. The van der Waals surface area contributed by atoms with Crippen molar-refractivity contribution in [2.45, 2.75) is 6.42 Å². The van der Waals surface area contributed by atoms with Gasteiger partial charge in [-0.05, 0) is 7.05 Å². The molecule has 3 heteroatoms. The Morgan fingerprint density at radius 1 is 1.25 bits per heavy atom. The Kier molecular flexibility index (Phi) is 4.87. The van der Waals surface area contributed by atoms with Gasteiger partial charge in [0.15, 0.2) is 0 Å². The molecule has 0 aromatic carbocycles. The maximum atomic E-state index is 8.36. The van der Waals surface area contributed by atoms with Crippen LogP contribution < -0.4 is 0 Å². The zero-order chi connectivity index (χ0) is 9.61. The van der Waals surface area contributed by atoms with E-state index in [9.17, 15) is 0 Å². The van der Waals surface area contributed by atoms with Crippen LogP contribution in [0.25, 0.3) is 0 Å². The molecule has 70 valence electrons. The molecule has 0 aliphatic carbocycles. The Bertz CT molecular complexity index is 152. The molecule has 0 unspecified atom stereocenters. The zero-order valence-electron chi connectivity index (χ0n) is 8.67. The molecule has 0 spiro atoms. The molecule has 0 aliphatic rings. The summed E-state index contributed by atoms with van der Waals surface area (Å²) < 4.78 is 0.983. The molecule has 0 bridgehead atoms. The third kappa shape index (κ3) is 7.52. The first-order chi connectivity index (χ1) is 5.45. The van der Waals surface area contributed by atoms with E-state index in [-0.39, 0.29) is 0 Å². The van der Waals surface area contributed by atoms with Crippen LogP contribution in [0.1, 0.15) is 6.42 Å². The van der Waals surface area contributed by atoms with Crippen LogP contribution in [-0.4, -0.2) is 57.2 Å². The molecule has 0 aromatic heterocycles. The van der Waals surface area contributed by atoms with Crippen molar-refractivity contribution in [3.63, 3.8) is 0 Å². The Balaban J connectivity index is 3.45. The third-order valence-corrected chi connectivity index (χ3v) is 1.76. The van der Waals surface area contributed by atoms with Crippen molar-refractivity contribution in [3.8, 4) is 6.07 Å². The second-order valence-electron chi connectivity index (χ2n) is 4.23. The average molecular weight is 170 g/mol. The lowest BCUT2D eigenvalue weighted by atomic mass is 10.4. The summed E-state index contributed by atoms with van der Waals surface area (Å²) in [5, 5.41) is 8.36. The summed E-state index contributed by atoms with van der Waals surface area (Å²) in [6, 6.07) is 2.15. The van der Waals surface area contributed by atoms with Crippen molar-refractivity contribution in [2.75, 3.05) is 47.8 Å². The fourth-order valence-corrected chi connectivity index (χ4v) is 0.823. The Morgan fingerprint density at radius 2 is 1.83 bits per heavy atom. The van der Waals surface area contributed by atoms with Crippen LogP contribution in [0.4, 0.5) is 0 Å². The predicted octanol–water partition coefficient (Wildman–Crippen LogP) is 0.538. The second-order valence-corrected chi connectivity index (χ2v) is 4.23. The van der Waals surface area contributed by atoms with E-state index in [2.05, 4.69) is 39.2 Å². The molecule has 12 heavy (non-hydrogen) atoms. The summed E-state index contributed by atoms with van der Waals surface area (Å²) in [6.07, 6.45) is 0.633. The van der Waals surface area contributed by atoms with E-state index in [0.29, 0.717) is 6.42 Å².